The van der Waals surface area contributed by atoms with E-state index in [1.165, 1.54) is 7.11 Å². The molecule has 0 aliphatic heterocycles. The van der Waals surface area contributed by atoms with Crippen molar-refractivity contribution in [1.82, 2.24) is 15.1 Å². The molecule has 0 fully saturated rings. The number of methoxy groups -OCH3 is 1. The zero-order valence-corrected chi connectivity index (χ0v) is 13.2. The van der Waals surface area contributed by atoms with E-state index in [9.17, 15) is 4.79 Å². The van der Waals surface area contributed by atoms with E-state index < -0.39 is 5.54 Å². The summed E-state index contributed by atoms with van der Waals surface area (Å²) in [6, 6.07) is 0. The minimum Gasteiger partial charge on any atom is -0.468 e. The Balaban J connectivity index is 2.39. The van der Waals surface area contributed by atoms with Gasteiger partial charge in [-0.05, 0) is 39.2 Å². The van der Waals surface area contributed by atoms with Crippen molar-refractivity contribution in [3.05, 3.63) is 17.4 Å². The highest BCUT2D eigenvalue weighted by Gasteiger charge is 2.32. The maximum Gasteiger partial charge on any atom is 0.325 e. The van der Waals surface area contributed by atoms with E-state index in [4.69, 9.17) is 16.3 Å². The van der Waals surface area contributed by atoms with Gasteiger partial charge in [0.25, 0.3) is 0 Å². The lowest BCUT2D eigenvalue weighted by Crippen LogP contribution is -2.50. The number of aromatic nitrogens is 2. The normalized spacial score (nSPS) is 14.0. The average molecular weight is 302 g/mol. The van der Waals surface area contributed by atoms with E-state index in [0.717, 1.165) is 38.8 Å². The van der Waals surface area contributed by atoms with E-state index in [1.54, 1.807) is 12.4 Å². The molecule has 0 aliphatic carbocycles. The highest BCUT2D eigenvalue weighted by molar-refractivity contribution is 6.30. The molecule has 0 saturated carbocycles. The van der Waals surface area contributed by atoms with Crippen molar-refractivity contribution in [2.75, 3.05) is 13.7 Å². The van der Waals surface area contributed by atoms with Crippen molar-refractivity contribution in [2.45, 2.75) is 51.6 Å². The van der Waals surface area contributed by atoms with Gasteiger partial charge in [-0.15, -0.1) is 0 Å². The predicted octanol–water partition coefficient (Wildman–Crippen LogP) is 2.64. The quantitative estimate of drug-likeness (QED) is 0.563. The summed E-state index contributed by atoms with van der Waals surface area (Å²) in [5.41, 5.74) is -0.605. The second kappa shape index (κ2) is 8.27. The summed E-state index contributed by atoms with van der Waals surface area (Å²) in [7, 11) is 1.43. The molecular formula is C14H24ClN3O2. The first-order chi connectivity index (χ1) is 9.51. The lowest BCUT2D eigenvalue weighted by Gasteiger charge is -2.28. The number of rotatable bonds is 9. The number of esters is 1. The maximum atomic E-state index is 11.9. The molecule has 0 bridgehead atoms. The van der Waals surface area contributed by atoms with Gasteiger partial charge < -0.3 is 10.1 Å². The number of halogens is 1. The van der Waals surface area contributed by atoms with Gasteiger partial charge in [-0.25, -0.2) is 0 Å². The number of hydrogen-bond donors (Lipinski definition) is 1. The van der Waals surface area contributed by atoms with Crippen molar-refractivity contribution in [1.29, 1.82) is 0 Å². The largest absolute Gasteiger partial charge is 0.468 e. The number of carbonyl (C=O) groups excluding carboxylic acids is 1. The molecule has 1 N–H and O–H groups in total. The van der Waals surface area contributed by atoms with Gasteiger partial charge in [0.05, 0.1) is 18.3 Å². The molecule has 6 heteroatoms. The van der Waals surface area contributed by atoms with Crippen LogP contribution in [-0.4, -0.2) is 34.9 Å². The standard InChI is InChI=1S/C14H24ClN3O2/c1-4-8-16-14(2,13(19)20-3)7-5-6-9-18-11-12(15)10-17-18/h10-11,16H,4-9H2,1-3H3. The Morgan fingerprint density at radius 1 is 1.55 bits per heavy atom. The molecule has 114 valence electrons. The van der Waals surface area contributed by atoms with Crippen LogP contribution in [0.4, 0.5) is 0 Å². The zero-order valence-electron chi connectivity index (χ0n) is 12.5. The molecule has 20 heavy (non-hydrogen) atoms. The highest BCUT2D eigenvalue weighted by Crippen LogP contribution is 2.16. The topological polar surface area (TPSA) is 56.2 Å². The average Bonchev–Trinajstić information content (AvgIpc) is 2.86. The molecule has 1 unspecified atom stereocenters. The van der Waals surface area contributed by atoms with Crippen molar-refractivity contribution < 1.29 is 9.53 Å². The lowest BCUT2D eigenvalue weighted by atomic mass is 9.94. The predicted molar refractivity (Wildman–Crippen MR) is 79.8 cm³/mol. The first-order valence-corrected chi connectivity index (χ1v) is 7.41. The molecule has 0 amide bonds. The van der Waals surface area contributed by atoms with Crippen LogP contribution in [0.1, 0.15) is 39.5 Å². The Hall–Kier alpha value is -1.07. The minimum atomic E-state index is -0.605. The molecule has 1 aromatic rings. The van der Waals surface area contributed by atoms with Crippen LogP contribution in [0, 0.1) is 0 Å². The fraction of sp³-hybridized carbons (Fsp3) is 0.714. The third-order valence-corrected chi connectivity index (χ3v) is 3.51. The van der Waals surface area contributed by atoms with E-state index in [0.29, 0.717) is 5.02 Å². The Morgan fingerprint density at radius 2 is 2.30 bits per heavy atom. The SMILES string of the molecule is CCCNC(C)(CCCCn1cc(Cl)cn1)C(=O)OC. The van der Waals surface area contributed by atoms with Gasteiger partial charge in [0.15, 0.2) is 0 Å². The maximum absolute atomic E-state index is 11.9. The molecule has 1 heterocycles. The highest BCUT2D eigenvalue weighted by atomic mass is 35.5. The first-order valence-electron chi connectivity index (χ1n) is 7.03. The van der Waals surface area contributed by atoms with Crippen LogP contribution in [0.25, 0.3) is 0 Å². The van der Waals surface area contributed by atoms with Gasteiger partial charge in [0.2, 0.25) is 0 Å². The van der Waals surface area contributed by atoms with Gasteiger partial charge in [0.1, 0.15) is 5.54 Å². The third kappa shape index (κ3) is 5.13. The Kier molecular flexibility index (Phi) is 7.02. The fourth-order valence-electron chi connectivity index (χ4n) is 2.10. The molecule has 5 nitrogen and oxygen atoms in total. The number of nitrogens with zero attached hydrogens (tertiary/aromatic N) is 2. The lowest BCUT2D eigenvalue weighted by molar-refractivity contribution is -0.148. The summed E-state index contributed by atoms with van der Waals surface area (Å²) in [4.78, 5) is 11.9. The van der Waals surface area contributed by atoms with Crippen LogP contribution in [0.5, 0.6) is 0 Å². The summed E-state index contributed by atoms with van der Waals surface area (Å²) < 4.78 is 6.71. The number of unbranched alkanes of at least 4 members (excludes halogenated alkanes) is 1. The second-order valence-corrected chi connectivity index (χ2v) is 5.57. The van der Waals surface area contributed by atoms with E-state index in [1.807, 2.05) is 11.6 Å². The number of ether oxygens (including phenoxy) is 1. The molecule has 0 radical (unpaired) electrons. The van der Waals surface area contributed by atoms with Gasteiger partial charge in [-0.2, -0.15) is 5.10 Å². The molecule has 0 spiro atoms. The smallest absolute Gasteiger partial charge is 0.325 e. The molecule has 0 aliphatic rings. The monoisotopic (exact) mass is 301 g/mol. The van der Waals surface area contributed by atoms with E-state index in [-0.39, 0.29) is 5.97 Å². The number of carbonyl (C=O) groups is 1. The summed E-state index contributed by atoms with van der Waals surface area (Å²) in [5, 5.41) is 8.06. The van der Waals surface area contributed by atoms with Gasteiger partial charge in [-0.3, -0.25) is 9.48 Å². The fourth-order valence-corrected chi connectivity index (χ4v) is 2.26. The molecule has 1 atom stereocenters. The summed E-state index contributed by atoms with van der Waals surface area (Å²) in [5.74, 6) is -0.201. The second-order valence-electron chi connectivity index (χ2n) is 5.13. The molecule has 1 aromatic heterocycles. The van der Waals surface area contributed by atoms with E-state index in [2.05, 4.69) is 17.3 Å². The van der Waals surface area contributed by atoms with Gasteiger partial charge >= 0.3 is 5.97 Å². The van der Waals surface area contributed by atoms with E-state index >= 15 is 0 Å². The zero-order chi connectivity index (χ0) is 15.0. The van der Waals surface area contributed by atoms with Gasteiger partial charge in [0, 0.05) is 12.7 Å². The van der Waals surface area contributed by atoms with Crippen LogP contribution < -0.4 is 5.32 Å². The third-order valence-electron chi connectivity index (χ3n) is 3.32. The van der Waals surface area contributed by atoms with Crippen LogP contribution in [0.15, 0.2) is 12.4 Å². The van der Waals surface area contributed by atoms with Crippen LogP contribution in [0.2, 0.25) is 5.02 Å². The molecule has 1 rings (SSSR count). The summed E-state index contributed by atoms with van der Waals surface area (Å²) in [6.45, 7) is 5.59. The van der Waals surface area contributed by atoms with Crippen molar-refractivity contribution in [2.24, 2.45) is 0 Å². The number of aryl methyl sites for hydroxylation is 1. The molecule has 0 saturated heterocycles. The Labute approximate surface area is 125 Å². The molecule has 0 aromatic carbocycles. The van der Waals surface area contributed by atoms with Crippen LogP contribution in [-0.2, 0) is 16.1 Å². The van der Waals surface area contributed by atoms with Crippen molar-refractivity contribution >= 4 is 17.6 Å². The van der Waals surface area contributed by atoms with Crippen LogP contribution in [0.3, 0.4) is 0 Å². The number of nitrogens with one attached hydrogen (secondary N) is 1. The van der Waals surface area contributed by atoms with Crippen molar-refractivity contribution in [3.8, 4) is 0 Å². The molecular weight excluding hydrogens is 278 g/mol. The first kappa shape index (κ1) is 17.0. The summed E-state index contributed by atoms with van der Waals surface area (Å²) in [6.07, 6.45) is 7.02. The summed E-state index contributed by atoms with van der Waals surface area (Å²) >= 11 is 5.81. The Morgan fingerprint density at radius 3 is 2.85 bits per heavy atom. The number of hydrogen-bond acceptors (Lipinski definition) is 4. The van der Waals surface area contributed by atoms with Crippen molar-refractivity contribution in [3.63, 3.8) is 0 Å². The van der Waals surface area contributed by atoms with Gasteiger partial charge in [-0.1, -0.05) is 18.5 Å². The van der Waals surface area contributed by atoms with Crippen LogP contribution >= 0.6 is 11.6 Å². The Bertz CT molecular complexity index is 422. The minimum absolute atomic E-state index is 0.201.